The monoisotopic (exact) mass is 219 g/mol. The highest BCUT2D eigenvalue weighted by atomic mass is 16.5. The minimum absolute atomic E-state index is 0.393. The van der Waals surface area contributed by atoms with Crippen molar-refractivity contribution in [1.29, 1.82) is 0 Å². The fraction of sp³-hybridized carbons (Fsp3) is 0.364. The van der Waals surface area contributed by atoms with Gasteiger partial charge in [-0.3, -0.25) is 4.98 Å². The van der Waals surface area contributed by atoms with Crippen molar-refractivity contribution in [2.24, 2.45) is 0 Å². The summed E-state index contributed by atoms with van der Waals surface area (Å²) in [5, 5.41) is 13.3. The van der Waals surface area contributed by atoms with Gasteiger partial charge in [-0.25, -0.2) is 0 Å². The molecule has 0 saturated heterocycles. The van der Waals surface area contributed by atoms with Crippen LogP contribution in [0.1, 0.15) is 19.2 Å². The topological polar surface area (TPSA) is 72.0 Å². The zero-order valence-electron chi connectivity index (χ0n) is 9.00. The highest BCUT2D eigenvalue weighted by Gasteiger charge is 2.11. The molecule has 5 heteroatoms. The van der Waals surface area contributed by atoms with Gasteiger partial charge in [0.1, 0.15) is 0 Å². The number of aromatic nitrogens is 3. The van der Waals surface area contributed by atoms with Crippen LogP contribution in [0.3, 0.4) is 0 Å². The third kappa shape index (κ3) is 2.43. The fourth-order valence-electron chi connectivity index (χ4n) is 1.30. The highest BCUT2D eigenvalue weighted by molar-refractivity contribution is 5.51. The van der Waals surface area contributed by atoms with E-state index in [0.717, 1.165) is 5.56 Å². The summed E-state index contributed by atoms with van der Waals surface area (Å²) in [6.45, 7) is 1.91. The SMILES string of the molecule is CCC(O)Cc1nc(-c2cccnc2)no1. The van der Waals surface area contributed by atoms with Crippen LogP contribution in [0.2, 0.25) is 0 Å². The molecule has 2 rings (SSSR count). The van der Waals surface area contributed by atoms with E-state index < -0.39 is 6.10 Å². The van der Waals surface area contributed by atoms with Gasteiger partial charge in [0.2, 0.25) is 11.7 Å². The van der Waals surface area contributed by atoms with E-state index in [0.29, 0.717) is 24.6 Å². The van der Waals surface area contributed by atoms with E-state index in [4.69, 9.17) is 4.52 Å². The lowest BCUT2D eigenvalue weighted by molar-refractivity contribution is 0.158. The predicted molar refractivity (Wildman–Crippen MR) is 57.5 cm³/mol. The first-order chi connectivity index (χ1) is 7.79. The van der Waals surface area contributed by atoms with Gasteiger partial charge in [-0.1, -0.05) is 12.1 Å². The molecule has 2 aromatic rings. The quantitative estimate of drug-likeness (QED) is 0.842. The van der Waals surface area contributed by atoms with Crippen LogP contribution in [-0.4, -0.2) is 26.3 Å². The summed E-state index contributed by atoms with van der Waals surface area (Å²) in [5.41, 5.74) is 0.809. The van der Waals surface area contributed by atoms with E-state index in [1.54, 1.807) is 12.4 Å². The first kappa shape index (κ1) is 10.8. The van der Waals surface area contributed by atoms with Crippen molar-refractivity contribution in [2.45, 2.75) is 25.9 Å². The van der Waals surface area contributed by atoms with Gasteiger partial charge >= 0.3 is 0 Å². The highest BCUT2D eigenvalue weighted by Crippen LogP contribution is 2.14. The van der Waals surface area contributed by atoms with E-state index >= 15 is 0 Å². The summed E-state index contributed by atoms with van der Waals surface area (Å²) >= 11 is 0. The molecule has 5 nitrogen and oxygen atoms in total. The molecule has 0 aliphatic rings. The second-order valence-electron chi connectivity index (χ2n) is 3.52. The molecule has 0 radical (unpaired) electrons. The predicted octanol–water partition coefficient (Wildman–Crippen LogP) is 1.44. The summed E-state index contributed by atoms with van der Waals surface area (Å²) in [6, 6.07) is 3.67. The van der Waals surface area contributed by atoms with E-state index in [9.17, 15) is 5.11 Å². The Bertz CT molecular complexity index is 442. The number of aliphatic hydroxyl groups excluding tert-OH is 1. The maximum Gasteiger partial charge on any atom is 0.229 e. The molecule has 0 aliphatic heterocycles. The number of hydrogen-bond acceptors (Lipinski definition) is 5. The largest absolute Gasteiger partial charge is 0.393 e. The van der Waals surface area contributed by atoms with E-state index in [1.807, 2.05) is 19.1 Å². The summed E-state index contributed by atoms with van der Waals surface area (Å²) in [7, 11) is 0. The molecule has 0 amide bonds. The molecular weight excluding hydrogens is 206 g/mol. The second kappa shape index (κ2) is 4.85. The normalized spacial score (nSPS) is 12.6. The van der Waals surface area contributed by atoms with Gasteiger partial charge in [-0.2, -0.15) is 4.98 Å². The van der Waals surface area contributed by atoms with Gasteiger partial charge in [-0.15, -0.1) is 0 Å². The average molecular weight is 219 g/mol. The summed E-state index contributed by atoms with van der Waals surface area (Å²) < 4.78 is 5.04. The fourth-order valence-corrected chi connectivity index (χ4v) is 1.30. The zero-order chi connectivity index (χ0) is 11.4. The smallest absolute Gasteiger partial charge is 0.229 e. The Morgan fingerprint density at radius 3 is 3.06 bits per heavy atom. The maximum atomic E-state index is 9.45. The van der Waals surface area contributed by atoms with Crippen molar-refractivity contribution >= 4 is 0 Å². The summed E-state index contributed by atoms with van der Waals surface area (Å²) in [5.74, 6) is 0.958. The Hall–Kier alpha value is -1.75. The molecule has 0 aliphatic carbocycles. The third-order valence-electron chi connectivity index (χ3n) is 2.27. The number of rotatable bonds is 4. The van der Waals surface area contributed by atoms with Gasteiger partial charge in [0.15, 0.2) is 0 Å². The van der Waals surface area contributed by atoms with Crippen molar-refractivity contribution < 1.29 is 9.63 Å². The standard InChI is InChI=1S/C11H13N3O2/c1-2-9(15)6-10-13-11(14-16-10)8-4-3-5-12-7-8/h3-5,7,9,15H,2,6H2,1H3. The maximum absolute atomic E-state index is 9.45. The molecule has 0 aromatic carbocycles. The van der Waals surface area contributed by atoms with Crippen LogP contribution in [0, 0.1) is 0 Å². The molecular formula is C11H13N3O2. The molecule has 2 aromatic heterocycles. The van der Waals surface area contributed by atoms with Crippen LogP contribution >= 0.6 is 0 Å². The summed E-state index contributed by atoms with van der Waals surface area (Å²) in [6.07, 6.45) is 3.99. The van der Waals surface area contributed by atoms with E-state index in [2.05, 4.69) is 15.1 Å². The molecule has 84 valence electrons. The first-order valence-corrected chi connectivity index (χ1v) is 5.20. The van der Waals surface area contributed by atoms with Gasteiger partial charge in [0, 0.05) is 18.0 Å². The third-order valence-corrected chi connectivity index (χ3v) is 2.27. The Morgan fingerprint density at radius 2 is 2.38 bits per heavy atom. The second-order valence-corrected chi connectivity index (χ2v) is 3.52. The lowest BCUT2D eigenvalue weighted by Crippen LogP contribution is -2.08. The van der Waals surface area contributed by atoms with Gasteiger partial charge < -0.3 is 9.63 Å². The molecule has 0 spiro atoms. The molecule has 1 N–H and O–H groups in total. The first-order valence-electron chi connectivity index (χ1n) is 5.20. The van der Waals surface area contributed by atoms with Crippen LogP contribution in [0.15, 0.2) is 29.0 Å². The molecule has 0 saturated carbocycles. The van der Waals surface area contributed by atoms with Crippen molar-refractivity contribution in [1.82, 2.24) is 15.1 Å². The van der Waals surface area contributed by atoms with Crippen LogP contribution in [0.5, 0.6) is 0 Å². The Labute approximate surface area is 93.1 Å². The van der Waals surface area contributed by atoms with Crippen molar-refractivity contribution in [2.75, 3.05) is 0 Å². The number of aliphatic hydroxyl groups is 1. The summed E-state index contributed by atoms with van der Waals surface area (Å²) in [4.78, 5) is 8.17. The number of pyridine rings is 1. The Morgan fingerprint density at radius 1 is 1.50 bits per heavy atom. The van der Waals surface area contributed by atoms with Gasteiger partial charge in [0.25, 0.3) is 0 Å². The molecule has 0 bridgehead atoms. The van der Waals surface area contributed by atoms with Crippen molar-refractivity contribution in [3.05, 3.63) is 30.4 Å². The number of nitrogens with zero attached hydrogens (tertiary/aromatic N) is 3. The van der Waals surface area contributed by atoms with Crippen LogP contribution < -0.4 is 0 Å². The minimum atomic E-state index is -0.429. The van der Waals surface area contributed by atoms with Gasteiger partial charge in [-0.05, 0) is 18.6 Å². The average Bonchev–Trinajstić information content (AvgIpc) is 2.78. The lowest BCUT2D eigenvalue weighted by Gasteiger charge is -2.01. The van der Waals surface area contributed by atoms with Crippen molar-refractivity contribution in [3.8, 4) is 11.4 Å². The van der Waals surface area contributed by atoms with Gasteiger partial charge in [0.05, 0.1) is 12.5 Å². The molecule has 1 unspecified atom stereocenters. The van der Waals surface area contributed by atoms with Crippen LogP contribution in [0.4, 0.5) is 0 Å². The van der Waals surface area contributed by atoms with E-state index in [-0.39, 0.29) is 0 Å². The zero-order valence-corrected chi connectivity index (χ0v) is 9.00. The molecule has 1 atom stereocenters. The Kier molecular flexibility index (Phi) is 3.26. The van der Waals surface area contributed by atoms with E-state index in [1.165, 1.54) is 0 Å². The number of hydrogen-bond donors (Lipinski definition) is 1. The molecule has 0 fully saturated rings. The lowest BCUT2D eigenvalue weighted by atomic mass is 10.2. The van der Waals surface area contributed by atoms with Crippen molar-refractivity contribution in [3.63, 3.8) is 0 Å². The molecule has 16 heavy (non-hydrogen) atoms. The molecule has 2 heterocycles. The minimum Gasteiger partial charge on any atom is -0.393 e. The Balaban J connectivity index is 2.14. The van der Waals surface area contributed by atoms with Crippen LogP contribution in [-0.2, 0) is 6.42 Å². The van der Waals surface area contributed by atoms with Crippen LogP contribution in [0.25, 0.3) is 11.4 Å².